The maximum absolute atomic E-state index is 8.95. The van der Waals surface area contributed by atoms with E-state index in [2.05, 4.69) is 13.0 Å². The molecule has 2 rings (SSSR count). The van der Waals surface area contributed by atoms with Crippen molar-refractivity contribution < 1.29 is 9.47 Å². The quantitative estimate of drug-likeness (QED) is 0.641. The SMILES string of the molecule is CCCCCCCC1COC([C@H]2CC[C@H](C#N)CC2)OC1. The van der Waals surface area contributed by atoms with Crippen LogP contribution in [0.25, 0.3) is 0 Å². The molecule has 1 saturated carbocycles. The first-order chi connectivity index (χ1) is 10.3. The van der Waals surface area contributed by atoms with Gasteiger partial charge in [-0.05, 0) is 32.1 Å². The number of unbranched alkanes of at least 4 members (excludes halogenated alkanes) is 4. The van der Waals surface area contributed by atoms with Crippen LogP contribution in [0.15, 0.2) is 0 Å². The number of nitriles is 1. The van der Waals surface area contributed by atoms with Gasteiger partial charge in [0.2, 0.25) is 0 Å². The van der Waals surface area contributed by atoms with Crippen molar-refractivity contribution in [1.29, 1.82) is 5.26 Å². The summed E-state index contributed by atoms with van der Waals surface area (Å²) in [7, 11) is 0. The summed E-state index contributed by atoms with van der Waals surface area (Å²) in [5.74, 6) is 1.37. The standard InChI is InChI=1S/C18H31NO2/c1-2-3-4-5-6-7-16-13-20-18(21-14-16)17-10-8-15(12-19)9-11-17/h15-18H,2-11,13-14H2,1H3/t15-,16?,17-,18?. The molecule has 0 spiro atoms. The van der Waals surface area contributed by atoms with E-state index < -0.39 is 0 Å². The Morgan fingerprint density at radius 2 is 1.62 bits per heavy atom. The molecule has 1 heterocycles. The predicted octanol–water partition coefficient (Wildman–Crippen LogP) is 4.67. The Morgan fingerprint density at radius 3 is 2.24 bits per heavy atom. The van der Waals surface area contributed by atoms with E-state index in [1.54, 1.807) is 0 Å². The Kier molecular flexibility index (Phi) is 7.53. The van der Waals surface area contributed by atoms with Gasteiger partial charge in [-0.2, -0.15) is 5.26 Å². The van der Waals surface area contributed by atoms with Gasteiger partial charge >= 0.3 is 0 Å². The lowest BCUT2D eigenvalue weighted by molar-refractivity contribution is -0.229. The van der Waals surface area contributed by atoms with Crippen molar-refractivity contribution in [1.82, 2.24) is 0 Å². The van der Waals surface area contributed by atoms with E-state index in [0.717, 1.165) is 38.9 Å². The topological polar surface area (TPSA) is 42.2 Å². The van der Waals surface area contributed by atoms with Crippen molar-refractivity contribution in [3.05, 3.63) is 0 Å². The number of hydrogen-bond acceptors (Lipinski definition) is 3. The zero-order chi connectivity index (χ0) is 14.9. The second kappa shape index (κ2) is 9.43. The molecule has 2 fully saturated rings. The Morgan fingerprint density at radius 1 is 0.952 bits per heavy atom. The van der Waals surface area contributed by atoms with Crippen molar-refractivity contribution in [2.24, 2.45) is 17.8 Å². The molecule has 21 heavy (non-hydrogen) atoms. The van der Waals surface area contributed by atoms with Gasteiger partial charge in [0.25, 0.3) is 0 Å². The minimum absolute atomic E-state index is 0.000911. The van der Waals surface area contributed by atoms with Crippen LogP contribution in [-0.4, -0.2) is 19.5 Å². The lowest BCUT2D eigenvalue weighted by Crippen LogP contribution is -2.38. The van der Waals surface area contributed by atoms with Gasteiger partial charge in [-0.1, -0.05) is 39.0 Å². The van der Waals surface area contributed by atoms with E-state index >= 15 is 0 Å². The van der Waals surface area contributed by atoms with E-state index in [0.29, 0.717) is 11.8 Å². The molecule has 0 bridgehead atoms. The van der Waals surface area contributed by atoms with Gasteiger partial charge in [-0.15, -0.1) is 0 Å². The average Bonchev–Trinajstić information content (AvgIpc) is 2.55. The van der Waals surface area contributed by atoms with Crippen molar-refractivity contribution in [3.8, 4) is 6.07 Å². The summed E-state index contributed by atoms with van der Waals surface area (Å²) in [6.45, 7) is 4.00. The lowest BCUT2D eigenvalue weighted by atomic mass is 9.82. The van der Waals surface area contributed by atoms with Gasteiger partial charge in [0.05, 0.1) is 19.3 Å². The molecule has 1 aliphatic heterocycles. The minimum Gasteiger partial charge on any atom is -0.352 e. The molecule has 0 amide bonds. The number of hydrogen-bond donors (Lipinski definition) is 0. The van der Waals surface area contributed by atoms with Gasteiger partial charge in [-0.25, -0.2) is 0 Å². The fraction of sp³-hybridized carbons (Fsp3) is 0.944. The number of nitrogens with zero attached hydrogens (tertiary/aromatic N) is 1. The second-order valence-electron chi connectivity index (χ2n) is 6.84. The summed E-state index contributed by atoms with van der Waals surface area (Å²) in [4.78, 5) is 0. The van der Waals surface area contributed by atoms with E-state index in [-0.39, 0.29) is 12.2 Å². The smallest absolute Gasteiger partial charge is 0.160 e. The highest BCUT2D eigenvalue weighted by Gasteiger charge is 2.32. The van der Waals surface area contributed by atoms with Crippen molar-refractivity contribution in [2.75, 3.05) is 13.2 Å². The summed E-state index contributed by atoms with van der Waals surface area (Å²) in [6, 6.07) is 2.39. The molecule has 0 radical (unpaired) electrons. The third-order valence-electron chi connectivity index (χ3n) is 5.05. The summed E-state index contributed by atoms with van der Waals surface area (Å²) in [6.07, 6.45) is 12.2. The molecule has 1 saturated heterocycles. The molecule has 3 nitrogen and oxygen atoms in total. The Bertz CT molecular complexity index is 310. The van der Waals surface area contributed by atoms with Gasteiger partial charge < -0.3 is 9.47 Å². The van der Waals surface area contributed by atoms with Crippen molar-refractivity contribution >= 4 is 0 Å². The van der Waals surface area contributed by atoms with E-state index in [9.17, 15) is 0 Å². The molecule has 1 aliphatic carbocycles. The molecule has 0 aromatic carbocycles. The van der Waals surface area contributed by atoms with Crippen LogP contribution in [0, 0.1) is 29.1 Å². The van der Waals surface area contributed by atoms with Crippen molar-refractivity contribution in [2.45, 2.75) is 77.4 Å². The molecule has 3 heteroatoms. The molecular formula is C18H31NO2. The van der Waals surface area contributed by atoms with Crippen LogP contribution in [0.1, 0.15) is 71.1 Å². The summed E-state index contributed by atoms with van der Waals surface area (Å²) in [5, 5.41) is 8.95. The average molecular weight is 293 g/mol. The first-order valence-electron chi connectivity index (χ1n) is 8.96. The Hall–Kier alpha value is -0.590. The molecule has 0 unspecified atom stereocenters. The highest BCUT2D eigenvalue weighted by Crippen LogP contribution is 2.34. The largest absolute Gasteiger partial charge is 0.352 e. The summed E-state index contributed by atoms with van der Waals surface area (Å²) < 4.78 is 11.9. The third kappa shape index (κ3) is 5.60. The molecule has 120 valence electrons. The molecule has 2 aliphatic rings. The summed E-state index contributed by atoms with van der Waals surface area (Å²) in [5.41, 5.74) is 0. The number of rotatable bonds is 7. The lowest BCUT2D eigenvalue weighted by Gasteiger charge is -2.36. The first kappa shape index (κ1) is 16.8. The number of ether oxygens (including phenoxy) is 2. The van der Waals surface area contributed by atoms with Crippen LogP contribution in [0.5, 0.6) is 0 Å². The monoisotopic (exact) mass is 293 g/mol. The van der Waals surface area contributed by atoms with Crippen LogP contribution in [0.3, 0.4) is 0 Å². The predicted molar refractivity (Wildman–Crippen MR) is 83.6 cm³/mol. The van der Waals surface area contributed by atoms with Gasteiger partial charge in [0.1, 0.15) is 0 Å². The fourth-order valence-corrected chi connectivity index (χ4v) is 3.55. The van der Waals surface area contributed by atoms with E-state index in [1.165, 1.54) is 38.5 Å². The third-order valence-corrected chi connectivity index (χ3v) is 5.05. The minimum atomic E-state index is 0.000911. The fourth-order valence-electron chi connectivity index (χ4n) is 3.55. The zero-order valence-electron chi connectivity index (χ0n) is 13.6. The molecule has 0 N–H and O–H groups in total. The van der Waals surface area contributed by atoms with Crippen LogP contribution >= 0.6 is 0 Å². The van der Waals surface area contributed by atoms with Crippen LogP contribution in [-0.2, 0) is 9.47 Å². The van der Waals surface area contributed by atoms with Crippen molar-refractivity contribution in [3.63, 3.8) is 0 Å². The summed E-state index contributed by atoms with van der Waals surface area (Å²) >= 11 is 0. The van der Waals surface area contributed by atoms with Crippen LogP contribution in [0.4, 0.5) is 0 Å². The molecular weight excluding hydrogens is 262 g/mol. The Balaban J connectivity index is 1.57. The van der Waals surface area contributed by atoms with E-state index in [4.69, 9.17) is 14.7 Å². The Labute approximate surface area is 130 Å². The maximum atomic E-state index is 8.95. The molecule has 0 atom stereocenters. The highest BCUT2D eigenvalue weighted by atomic mass is 16.7. The van der Waals surface area contributed by atoms with E-state index in [1.807, 2.05) is 0 Å². The zero-order valence-corrected chi connectivity index (χ0v) is 13.6. The maximum Gasteiger partial charge on any atom is 0.160 e. The molecule has 0 aromatic rings. The second-order valence-corrected chi connectivity index (χ2v) is 6.84. The molecule has 0 aromatic heterocycles. The van der Waals surface area contributed by atoms with Gasteiger partial charge in [0, 0.05) is 17.8 Å². The van der Waals surface area contributed by atoms with Gasteiger partial charge in [-0.3, -0.25) is 0 Å². The first-order valence-corrected chi connectivity index (χ1v) is 8.96. The normalized spacial score (nSPS) is 33.5. The van der Waals surface area contributed by atoms with Gasteiger partial charge in [0.15, 0.2) is 6.29 Å². The highest BCUT2D eigenvalue weighted by molar-refractivity contribution is 4.88. The van der Waals surface area contributed by atoms with Crippen LogP contribution in [0.2, 0.25) is 0 Å². The van der Waals surface area contributed by atoms with Crippen LogP contribution < -0.4 is 0 Å².